The van der Waals surface area contributed by atoms with Crippen LogP contribution in [0.1, 0.15) is 18.9 Å². The van der Waals surface area contributed by atoms with Crippen molar-refractivity contribution in [3.63, 3.8) is 0 Å². The van der Waals surface area contributed by atoms with Crippen molar-refractivity contribution >= 4 is 34.6 Å². The Kier molecular flexibility index (Phi) is 3.33. The van der Waals surface area contributed by atoms with Gasteiger partial charge in [-0.1, -0.05) is 0 Å². The second-order valence-corrected chi connectivity index (χ2v) is 6.45. The van der Waals surface area contributed by atoms with Crippen molar-refractivity contribution in [1.82, 2.24) is 14.5 Å². The summed E-state index contributed by atoms with van der Waals surface area (Å²) in [6, 6.07) is 3.06. The Morgan fingerprint density at radius 1 is 1.43 bits per heavy atom. The van der Waals surface area contributed by atoms with E-state index in [0.717, 1.165) is 10.5 Å². The van der Waals surface area contributed by atoms with Crippen LogP contribution in [0.25, 0.3) is 11.0 Å². The molecule has 2 aromatic heterocycles. The second kappa shape index (κ2) is 4.92. The Hall–Kier alpha value is -1.73. The third-order valence-electron chi connectivity index (χ3n) is 3.47. The maximum absolute atomic E-state index is 13.8. The van der Waals surface area contributed by atoms with Crippen LogP contribution >= 0.6 is 23.6 Å². The summed E-state index contributed by atoms with van der Waals surface area (Å²) in [6.07, 6.45) is 1.76. The van der Waals surface area contributed by atoms with Crippen LogP contribution in [-0.4, -0.2) is 21.6 Å². The van der Waals surface area contributed by atoms with E-state index in [9.17, 15) is 4.39 Å². The van der Waals surface area contributed by atoms with Gasteiger partial charge in [0.15, 0.2) is 16.3 Å². The van der Waals surface area contributed by atoms with Gasteiger partial charge in [-0.25, -0.2) is 9.37 Å². The molecule has 0 fully saturated rings. The molecule has 1 aromatic carbocycles. The number of H-pyrrole nitrogens is 1. The molecule has 21 heavy (non-hydrogen) atoms. The molecule has 3 aromatic rings. The van der Waals surface area contributed by atoms with Crippen LogP contribution in [0.2, 0.25) is 0 Å². The lowest BCUT2D eigenvalue weighted by molar-refractivity contribution is 0.386. The highest BCUT2D eigenvalue weighted by atomic mass is 32.1. The lowest BCUT2D eigenvalue weighted by atomic mass is 10.1. The summed E-state index contributed by atoms with van der Waals surface area (Å²) < 4.78 is 21.4. The van der Waals surface area contributed by atoms with Crippen molar-refractivity contribution in [2.45, 2.75) is 19.4 Å². The number of rotatable bonds is 3. The average Bonchev–Trinajstić information content (AvgIpc) is 3.04. The molecule has 0 amide bonds. The number of benzene rings is 1. The minimum Gasteiger partial charge on any atom is -0.494 e. The van der Waals surface area contributed by atoms with Gasteiger partial charge in [-0.05, 0) is 26.1 Å². The first-order chi connectivity index (χ1) is 9.95. The zero-order valence-electron chi connectivity index (χ0n) is 11.8. The van der Waals surface area contributed by atoms with Gasteiger partial charge in [0.25, 0.3) is 0 Å². The minimum absolute atomic E-state index is 0.195. The highest BCUT2D eigenvalue weighted by molar-refractivity contribution is 7.71. The quantitative estimate of drug-likeness (QED) is 0.738. The molecule has 0 aliphatic rings. The Morgan fingerprint density at radius 2 is 2.19 bits per heavy atom. The predicted octanol–water partition coefficient (Wildman–Crippen LogP) is 4.09. The van der Waals surface area contributed by atoms with Gasteiger partial charge in [-0.3, -0.25) is 0 Å². The maximum Gasteiger partial charge on any atom is 0.178 e. The van der Waals surface area contributed by atoms with Crippen LogP contribution in [0.15, 0.2) is 23.7 Å². The Balaban J connectivity index is 2.32. The molecular weight excluding hydrogens is 309 g/mol. The number of aromatic nitrogens is 3. The van der Waals surface area contributed by atoms with E-state index in [1.54, 1.807) is 23.6 Å². The summed E-state index contributed by atoms with van der Waals surface area (Å²) in [4.78, 5) is 7.43. The van der Waals surface area contributed by atoms with Gasteiger partial charge in [0, 0.05) is 23.7 Å². The number of imidazole rings is 1. The van der Waals surface area contributed by atoms with E-state index in [-0.39, 0.29) is 5.75 Å². The van der Waals surface area contributed by atoms with Gasteiger partial charge >= 0.3 is 0 Å². The number of ether oxygens (including phenoxy) is 1. The van der Waals surface area contributed by atoms with Crippen molar-refractivity contribution in [2.75, 3.05) is 7.11 Å². The number of thiazole rings is 1. The average molecular weight is 323 g/mol. The van der Waals surface area contributed by atoms with E-state index < -0.39 is 11.4 Å². The summed E-state index contributed by atoms with van der Waals surface area (Å²) in [6.45, 7) is 4.06. The lowest BCUT2D eigenvalue weighted by Gasteiger charge is -2.25. The Labute approximate surface area is 130 Å². The molecule has 110 valence electrons. The van der Waals surface area contributed by atoms with Crippen molar-refractivity contribution in [2.24, 2.45) is 0 Å². The van der Waals surface area contributed by atoms with Gasteiger partial charge in [0.05, 0.1) is 23.7 Å². The topological polar surface area (TPSA) is 42.8 Å². The molecule has 4 nitrogen and oxygen atoms in total. The fraction of sp³-hybridized carbons (Fsp3) is 0.286. The number of hydrogen-bond donors (Lipinski definition) is 1. The largest absolute Gasteiger partial charge is 0.494 e. The smallest absolute Gasteiger partial charge is 0.178 e. The lowest BCUT2D eigenvalue weighted by Crippen LogP contribution is -2.27. The van der Waals surface area contributed by atoms with E-state index in [1.807, 2.05) is 23.8 Å². The summed E-state index contributed by atoms with van der Waals surface area (Å²) in [5, 5.41) is 2.86. The Bertz CT molecular complexity index is 849. The zero-order valence-corrected chi connectivity index (χ0v) is 13.4. The second-order valence-electron chi connectivity index (χ2n) is 5.17. The normalized spacial score (nSPS) is 12.0. The van der Waals surface area contributed by atoms with Crippen LogP contribution < -0.4 is 4.74 Å². The molecule has 1 N–H and O–H groups in total. The molecule has 0 aliphatic carbocycles. The number of halogens is 1. The molecule has 0 unspecified atom stereocenters. The molecule has 0 aliphatic heterocycles. The minimum atomic E-state index is -0.438. The summed E-state index contributed by atoms with van der Waals surface area (Å²) in [7, 11) is 1.45. The molecule has 0 saturated carbocycles. The van der Waals surface area contributed by atoms with E-state index in [0.29, 0.717) is 10.3 Å². The van der Waals surface area contributed by atoms with Crippen LogP contribution in [0, 0.1) is 10.6 Å². The number of nitrogens with one attached hydrogen (secondary N) is 1. The van der Waals surface area contributed by atoms with E-state index in [1.165, 1.54) is 13.2 Å². The summed E-state index contributed by atoms with van der Waals surface area (Å²) in [5.41, 5.74) is 0.994. The van der Waals surface area contributed by atoms with Crippen LogP contribution in [0.5, 0.6) is 5.75 Å². The van der Waals surface area contributed by atoms with Crippen LogP contribution in [0.3, 0.4) is 0 Å². The monoisotopic (exact) mass is 323 g/mol. The Morgan fingerprint density at radius 3 is 2.81 bits per heavy atom. The van der Waals surface area contributed by atoms with Gasteiger partial charge in [0.2, 0.25) is 0 Å². The predicted molar refractivity (Wildman–Crippen MR) is 84.2 cm³/mol. The highest BCUT2D eigenvalue weighted by Crippen LogP contribution is 2.33. The zero-order chi connectivity index (χ0) is 15.2. The molecule has 0 atom stereocenters. The van der Waals surface area contributed by atoms with Crippen molar-refractivity contribution < 1.29 is 9.13 Å². The van der Waals surface area contributed by atoms with E-state index in [2.05, 4.69) is 9.97 Å². The van der Waals surface area contributed by atoms with Crippen molar-refractivity contribution in [1.29, 1.82) is 0 Å². The van der Waals surface area contributed by atoms with Gasteiger partial charge in [0.1, 0.15) is 5.01 Å². The van der Waals surface area contributed by atoms with Crippen LogP contribution in [-0.2, 0) is 5.54 Å². The molecule has 0 saturated heterocycles. The van der Waals surface area contributed by atoms with Crippen molar-refractivity contribution in [3.8, 4) is 5.75 Å². The van der Waals surface area contributed by atoms with Crippen molar-refractivity contribution in [3.05, 3.63) is 39.3 Å². The van der Waals surface area contributed by atoms with Gasteiger partial charge in [-0.15, -0.1) is 11.3 Å². The van der Waals surface area contributed by atoms with Crippen LogP contribution in [0.4, 0.5) is 4.39 Å². The molecule has 7 heteroatoms. The van der Waals surface area contributed by atoms with Gasteiger partial charge in [-0.2, -0.15) is 0 Å². The number of nitrogens with zero attached hydrogens (tertiary/aromatic N) is 2. The first-order valence-electron chi connectivity index (χ1n) is 6.34. The number of aromatic amines is 1. The third kappa shape index (κ3) is 2.16. The maximum atomic E-state index is 13.8. The first kappa shape index (κ1) is 14.2. The molecule has 0 bridgehead atoms. The highest BCUT2D eigenvalue weighted by Gasteiger charge is 2.28. The number of hydrogen-bond acceptors (Lipinski definition) is 4. The molecular formula is C14H14FN3OS2. The summed E-state index contributed by atoms with van der Waals surface area (Å²) >= 11 is 6.98. The molecule has 0 radical (unpaired) electrons. The molecule has 0 spiro atoms. The molecule has 3 rings (SSSR count). The molecule has 2 heterocycles. The summed E-state index contributed by atoms with van der Waals surface area (Å²) in [5.74, 6) is -0.222. The third-order valence-corrected chi connectivity index (χ3v) is 4.84. The SMILES string of the molecule is COc1cc2c(cc1F)[nH]c(=S)n2C(C)(C)c1nccs1. The standard InChI is InChI=1S/C14H14FN3OS2/c1-14(2,12-16-4-5-21-12)18-10-7-11(19-3)8(15)6-9(10)17-13(18)20/h4-7H,1-3H3,(H,17,20). The van der Waals surface area contributed by atoms with E-state index in [4.69, 9.17) is 17.0 Å². The fourth-order valence-corrected chi connectivity index (χ4v) is 3.63. The fourth-order valence-electron chi connectivity index (χ4n) is 2.44. The number of fused-ring (bicyclic) bond motifs is 1. The number of methoxy groups -OCH3 is 1. The first-order valence-corrected chi connectivity index (χ1v) is 7.62. The van der Waals surface area contributed by atoms with Gasteiger partial charge < -0.3 is 14.3 Å². The van der Waals surface area contributed by atoms with E-state index >= 15 is 0 Å².